The molecule has 2 nitrogen and oxygen atoms in total. The normalized spacial score (nSPS) is 12.9. The highest BCUT2D eigenvalue weighted by molar-refractivity contribution is 5.71. The van der Waals surface area contributed by atoms with Gasteiger partial charge in [-0.1, -0.05) is 68.4 Å². The fraction of sp³-hybridized carbons (Fsp3) is 0.250. The van der Waals surface area contributed by atoms with Gasteiger partial charge in [0.25, 0.3) is 0 Å². The third-order valence-electron chi connectivity index (χ3n) is 5.39. The standard InChI is InChI=1S/C24H29N2/c1-4-25(5-2)21(3)26(22-15-9-6-10-16-22,23-17-11-7-12-18-23)24-19-13-8-14-20-24/h6-21H,4-5H2,1-3H3/q+1. The van der Waals surface area contributed by atoms with Gasteiger partial charge in [-0.25, -0.2) is 4.48 Å². The molecule has 0 aromatic heterocycles. The average Bonchev–Trinajstić information content (AvgIpc) is 2.72. The van der Waals surface area contributed by atoms with E-state index in [0.717, 1.165) is 13.1 Å². The lowest BCUT2D eigenvalue weighted by Gasteiger charge is -2.46. The zero-order valence-corrected chi connectivity index (χ0v) is 16.0. The monoisotopic (exact) mass is 345 g/mol. The van der Waals surface area contributed by atoms with Crippen LogP contribution in [0, 0.1) is 0 Å². The third-order valence-corrected chi connectivity index (χ3v) is 5.39. The summed E-state index contributed by atoms with van der Waals surface area (Å²) in [4.78, 5) is 2.53. The van der Waals surface area contributed by atoms with E-state index in [1.807, 2.05) is 0 Å². The Kier molecular flexibility index (Phi) is 5.87. The summed E-state index contributed by atoms with van der Waals surface area (Å²) >= 11 is 0. The Morgan fingerprint density at radius 1 is 0.615 bits per heavy atom. The van der Waals surface area contributed by atoms with Gasteiger partial charge in [0.2, 0.25) is 0 Å². The molecule has 0 saturated heterocycles. The molecule has 0 aliphatic carbocycles. The zero-order chi connectivity index (χ0) is 18.4. The number of para-hydroxylation sites is 3. The predicted octanol–water partition coefficient (Wildman–Crippen LogP) is 6.35. The molecule has 1 unspecified atom stereocenters. The Morgan fingerprint density at radius 2 is 0.923 bits per heavy atom. The molecule has 0 bridgehead atoms. The van der Waals surface area contributed by atoms with Gasteiger partial charge in [0, 0.05) is 56.4 Å². The fourth-order valence-electron chi connectivity index (χ4n) is 4.08. The number of benzene rings is 3. The molecule has 3 aromatic carbocycles. The van der Waals surface area contributed by atoms with Crippen molar-refractivity contribution in [3.05, 3.63) is 91.0 Å². The highest BCUT2D eigenvalue weighted by Gasteiger charge is 2.43. The van der Waals surface area contributed by atoms with Crippen molar-refractivity contribution >= 4 is 17.1 Å². The molecule has 0 N–H and O–H groups in total. The lowest BCUT2D eigenvalue weighted by molar-refractivity contribution is 0.144. The van der Waals surface area contributed by atoms with Crippen LogP contribution in [0.1, 0.15) is 20.8 Å². The summed E-state index contributed by atoms with van der Waals surface area (Å²) < 4.78 is 0.685. The maximum Gasteiger partial charge on any atom is 0.156 e. The fourth-order valence-corrected chi connectivity index (χ4v) is 4.08. The molecule has 0 amide bonds. The van der Waals surface area contributed by atoms with E-state index in [0.29, 0.717) is 4.48 Å². The quantitative estimate of drug-likeness (QED) is 0.356. The molecule has 1 atom stereocenters. The molecule has 0 fully saturated rings. The molecular formula is C24H29N2+. The highest BCUT2D eigenvalue weighted by Crippen LogP contribution is 2.46. The van der Waals surface area contributed by atoms with E-state index in [4.69, 9.17) is 0 Å². The van der Waals surface area contributed by atoms with Gasteiger partial charge in [0.1, 0.15) is 17.1 Å². The van der Waals surface area contributed by atoms with Crippen molar-refractivity contribution in [2.45, 2.75) is 26.9 Å². The van der Waals surface area contributed by atoms with Gasteiger partial charge in [0.15, 0.2) is 6.17 Å². The first-order valence-electron chi connectivity index (χ1n) is 9.54. The van der Waals surface area contributed by atoms with E-state index >= 15 is 0 Å². The van der Waals surface area contributed by atoms with E-state index in [1.165, 1.54) is 17.1 Å². The van der Waals surface area contributed by atoms with Gasteiger partial charge in [-0.05, 0) is 0 Å². The molecule has 0 spiro atoms. The molecule has 0 heterocycles. The smallest absolute Gasteiger partial charge is 0.156 e. The SMILES string of the molecule is CCN(CC)C(C)[N+](c1ccccc1)(c1ccccc1)c1ccccc1. The first-order chi connectivity index (χ1) is 12.7. The first-order valence-corrected chi connectivity index (χ1v) is 9.54. The molecule has 3 rings (SSSR count). The van der Waals surface area contributed by atoms with E-state index in [2.05, 4.69) is 117 Å². The van der Waals surface area contributed by atoms with Crippen molar-refractivity contribution in [1.82, 2.24) is 9.38 Å². The minimum atomic E-state index is 0.261. The van der Waals surface area contributed by atoms with Crippen LogP contribution in [-0.2, 0) is 0 Å². The largest absolute Gasteiger partial charge is 0.254 e. The summed E-state index contributed by atoms with van der Waals surface area (Å²) in [7, 11) is 0. The summed E-state index contributed by atoms with van der Waals surface area (Å²) in [5, 5.41) is 0. The molecular weight excluding hydrogens is 316 g/mol. The van der Waals surface area contributed by atoms with E-state index in [9.17, 15) is 0 Å². The van der Waals surface area contributed by atoms with Crippen LogP contribution in [-0.4, -0.2) is 24.2 Å². The summed E-state index contributed by atoms with van der Waals surface area (Å²) in [6.07, 6.45) is 0.261. The Morgan fingerprint density at radius 3 is 1.19 bits per heavy atom. The van der Waals surface area contributed by atoms with Gasteiger partial charge < -0.3 is 0 Å². The van der Waals surface area contributed by atoms with Crippen LogP contribution in [0.25, 0.3) is 0 Å². The van der Waals surface area contributed by atoms with Crippen molar-refractivity contribution in [3.8, 4) is 0 Å². The van der Waals surface area contributed by atoms with Crippen molar-refractivity contribution < 1.29 is 0 Å². The maximum absolute atomic E-state index is 2.53. The lowest BCUT2D eigenvalue weighted by atomic mass is 10.1. The summed E-state index contributed by atoms with van der Waals surface area (Å²) in [6.45, 7) is 8.87. The second-order valence-corrected chi connectivity index (χ2v) is 6.58. The lowest BCUT2D eigenvalue weighted by Crippen LogP contribution is -2.55. The van der Waals surface area contributed by atoms with E-state index in [-0.39, 0.29) is 6.17 Å². The topological polar surface area (TPSA) is 3.24 Å². The molecule has 26 heavy (non-hydrogen) atoms. The zero-order valence-electron chi connectivity index (χ0n) is 16.0. The Balaban J connectivity index is 2.35. The van der Waals surface area contributed by atoms with Crippen LogP contribution < -0.4 is 4.48 Å². The molecule has 0 aliphatic rings. The number of quaternary nitrogens is 1. The summed E-state index contributed by atoms with van der Waals surface area (Å²) in [5.41, 5.74) is 3.85. The minimum absolute atomic E-state index is 0.261. The molecule has 0 aliphatic heterocycles. The van der Waals surface area contributed by atoms with Crippen LogP contribution in [0.5, 0.6) is 0 Å². The van der Waals surface area contributed by atoms with Gasteiger partial charge in [-0.2, -0.15) is 0 Å². The van der Waals surface area contributed by atoms with Crippen molar-refractivity contribution in [2.75, 3.05) is 13.1 Å². The van der Waals surface area contributed by atoms with Gasteiger partial charge in [0.05, 0.1) is 0 Å². The number of hydrogen-bond acceptors (Lipinski definition) is 1. The molecule has 0 radical (unpaired) electrons. The van der Waals surface area contributed by atoms with Gasteiger partial charge in [-0.15, -0.1) is 0 Å². The molecule has 0 saturated carbocycles. The average molecular weight is 346 g/mol. The second kappa shape index (κ2) is 8.31. The number of hydrogen-bond donors (Lipinski definition) is 0. The van der Waals surface area contributed by atoms with Crippen LogP contribution in [0.4, 0.5) is 17.1 Å². The summed E-state index contributed by atoms with van der Waals surface area (Å²) in [6, 6.07) is 32.6. The van der Waals surface area contributed by atoms with E-state index < -0.39 is 0 Å². The Bertz CT molecular complexity index is 684. The Labute approximate surface area is 157 Å². The van der Waals surface area contributed by atoms with Gasteiger partial charge >= 0.3 is 0 Å². The number of nitrogens with zero attached hydrogens (tertiary/aromatic N) is 2. The van der Waals surface area contributed by atoms with Crippen LogP contribution >= 0.6 is 0 Å². The predicted molar refractivity (Wildman–Crippen MR) is 113 cm³/mol. The van der Waals surface area contributed by atoms with Gasteiger partial charge in [-0.3, -0.25) is 4.90 Å². The Hall–Kier alpha value is -2.42. The van der Waals surface area contributed by atoms with Crippen molar-refractivity contribution in [3.63, 3.8) is 0 Å². The van der Waals surface area contributed by atoms with Crippen LogP contribution in [0.3, 0.4) is 0 Å². The minimum Gasteiger partial charge on any atom is -0.254 e. The molecule has 134 valence electrons. The highest BCUT2D eigenvalue weighted by atomic mass is 15.5. The maximum atomic E-state index is 2.53. The van der Waals surface area contributed by atoms with Crippen LogP contribution in [0.15, 0.2) is 91.0 Å². The first kappa shape index (κ1) is 18.4. The van der Waals surface area contributed by atoms with Crippen molar-refractivity contribution in [1.29, 1.82) is 0 Å². The van der Waals surface area contributed by atoms with E-state index in [1.54, 1.807) is 0 Å². The molecule has 2 heteroatoms. The van der Waals surface area contributed by atoms with Crippen LogP contribution in [0.2, 0.25) is 0 Å². The second-order valence-electron chi connectivity index (χ2n) is 6.58. The number of rotatable bonds is 7. The third kappa shape index (κ3) is 3.18. The summed E-state index contributed by atoms with van der Waals surface area (Å²) in [5.74, 6) is 0. The van der Waals surface area contributed by atoms with Crippen molar-refractivity contribution in [2.24, 2.45) is 0 Å². The molecule has 3 aromatic rings.